The van der Waals surface area contributed by atoms with E-state index in [0.29, 0.717) is 12.0 Å². The fraction of sp³-hybridized carbons (Fsp3) is 0.312. The Morgan fingerprint density at radius 1 is 1.43 bits per heavy atom. The lowest BCUT2D eigenvalue weighted by molar-refractivity contribution is 0.0682. The molecule has 21 heavy (non-hydrogen) atoms. The second-order valence-corrected chi connectivity index (χ2v) is 5.35. The molecule has 5 heteroatoms. The topological polar surface area (TPSA) is 53.7 Å². The van der Waals surface area contributed by atoms with Gasteiger partial charge in [-0.05, 0) is 37.1 Å². The smallest absolute Gasteiger partial charge is 0.290 e. The Kier molecular flexibility index (Phi) is 3.51. The molecule has 1 fully saturated rings. The number of amides is 1. The van der Waals surface area contributed by atoms with Crippen LogP contribution in [0.25, 0.3) is 0 Å². The Bertz CT molecular complexity index is 667. The summed E-state index contributed by atoms with van der Waals surface area (Å²) in [6.45, 7) is 2.01. The summed E-state index contributed by atoms with van der Waals surface area (Å²) in [6, 6.07) is 7.51. The maximum absolute atomic E-state index is 13.4. The van der Waals surface area contributed by atoms with Crippen molar-refractivity contribution in [3.05, 3.63) is 59.3 Å². The number of carbonyl (C=O) groups excluding carboxylic acids is 1. The molecule has 110 valence electrons. The van der Waals surface area contributed by atoms with Crippen LogP contribution in [0.15, 0.2) is 41.0 Å². The minimum atomic E-state index is -0.613. The lowest BCUT2D eigenvalue weighted by Gasteiger charge is -2.24. The van der Waals surface area contributed by atoms with E-state index in [2.05, 4.69) is 0 Å². The molecule has 1 aliphatic heterocycles. The largest absolute Gasteiger partial charge is 0.459 e. The first kappa shape index (κ1) is 13.8. The molecule has 2 heterocycles. The Labute approximate surface area is 121 Å². The van der Waals surface area contributed by atoms with Gasteiger partial charge in [-0.15, -0.1) is 0 Å². The molecule has 0 saturated carbocycles. The molecule has 4 nitrogen and oxygen atoms in total. The van der Waals surface area contributed by atoms with Crippen LogP contribution in [-0.2, 0) is 0 Å². The monoisotopic (exact) mass is 289 g/mol. The van der Waals surface area contributed by atoms with Crippen LogP contribution in [-0.4, -0.2) is 28.6 Å². The molecular weight excluding hydrogens is 273 g/mol. The van der Waals surface area contributed by atoms with Crippen LogP contribution < -0.4 is 0 Å². The van der Waals surface area contributed by atoms with Crippen molar-refractivity contribution in [1.29, 1.82) is 0 Å². The van der Waals surface area contributed by atoms with E-state index in [1.54, 1.807) is 30.0 Å². The number of aliphatic hydroxyl groups is 1. The SMILES string of the molecule is Cc1ccoc1C(=O)N1C[C@@H](O)C[C@@H]1c1cccc(F)c1. The summed E-state index contributed by atoms with van der Waals surface area (Å²) in [4.78, 5) is 14.1. The van der Waals surface area contributed by atoms with Gasteiger partial charge in [0.2, 0.25) is 0 Å². The molecule has 0 aliphatic carbocycles. The number of nitrogens with zero attached hydrogens (tertiary/aromatic N) is 1. The highest BCUT2D eigenvalue weighted by atomic mass is 19.1. The van der Waals surface area contributed by atoms with E-state index in [-0.39, 0.29) is 30.1 Å². The van der Waals surface area contributed by atoms with Gasteiger partial charge < -0.3 is 14.4 Å². The summed E-state index contributed by atoms with van der Waals surface area (Å²) < 4.78 is 18.6. The zero-order valence-corrected chi connectivity index (χ0v) is 11.6. The number of likely N-dealkylation sites (tertiary alicyclic amines) is 1. The van der Waals surface area contributed by atoms with E-state index in [9.17, 15) is 14.3 Å². The third-order valence-corrected chi connectivity index (χ3v) is 3.83. The Balaban J connectivity index is 1.93. The summed E-state index contributed by atoms with van der Waals surface area (Å²) >= 11 is 0. The number of rotatable bonds is 2. The molecule has 1 aromatic carbocycles. The van der Waals surface area contributed by atoms with Crippen molar-refractivity contribution in [3.63, 3.8) is 0 Å². The predicted molar refractivity (Wildman–Crippen MR) is 74.2 cm³/mol. The molecule has 2 aromatic rings. The highest BCUT2D eigenvalue weighted by Crippen LogP contribution is 2.34. The minimum Gasteiger partial charge on any atom is -0.459 e. The number of benzene rings is 1. The highest BCUT2D eigenvalue weighted by Gasteiger charge is 2.37. The molecule has 1 saturated heterocycles. The molecule has 0 unspecified atom stereocenters. The van der Waals surface area contributed by atoms with Gasteiger partial charge in [0, 0.05) is 12.1 Å². The van der Waals surface area contributed by atoms with Gasteiger partial charge in [0.15, 0.2) is 5.76 Å². The van der Waals surface area contributed by atoms with Crippen molar-refractivity contribution in [3.8, 4) is 0 Å². The van der Waals surface area contributed by atoms with Gasteiger partial charge in [-0.25, -0.2) is 4.39 Å². The van der Waals surface area contributed by atoms with E-state index in [1.807, 2.05) is 0 Å². The number of halogens is 1. The van der Waals surface area contributed by atoms with E-state index < -0.39 is 6.10 Å². The molecular formula is C16H16FNO3. The first-order valence-electron chi connectivity index (χ1n) is 6.85. The number of hydrogen-bond donors (Lipinski definition) is 1. The zero-order valence-electron chi connectivity index (χ0n) is 11.6. The number of furan rings is 1. The molecule has 0 radical (unpaired) electrons. The van der Waals surface area contributed by atoms with Crippen LogP contribution in [0.2, 0.25) is 0 Å². The normalized spacial score (nSPS) is 21.8. The number of aryl methyl sites for hydroxylation is 1. The van der Waals surface area contributed by atoms with Crippen LogP contribution in [0.4, 0.5) is 4.39 Å². The number of β-amino-alcohol motifs (C(OH)–C–C–N with tert-alkyl or cyclic N) is 1. The molecule has 3 rings (SSSR count). The molecule has 1 amide bonds. The standard InChI is InChI=1S/C16H16FNO3/c1-10-5-6-21-15(10)16(20)18-9-13(19)8-14(18)11-3-2-4-12(17)7-11/h2-7,13-14,19H,8-9H2,1H3/t13-,14+/m0/s1. The van der Waals surface area contributed by atoms with Crippen LogP contribution in [0.1, 0.15) is 34.1 Å². The second-order valence-electron chi connectivity index (χ2n) is 5.35. The van der Waals surface area contributed by atoms with E-state index in [1.165, 1.54) is 18.4 Å². The maximum Gasteiger partial charge on any atom is 0.290 e. The first-order chi connectivity index (χ1) is 10.1. The Hall–Kier alpha value is -2.14. The van der Waals surface area contributed by atoms with Crippen molar-refractivity contribution in [2.75, 3.05) is 6.54 Å². The zero-order chi connectivity index (χ0) is 15.0. The van der Waals surface area contributed by atoms with Gasteiger partial charge in [0.1, 0.15) is 5.82 Å². The first-order valence-corrected chi connectivity index (χ1v) is 6.85. The highest BCUT2D eigenvalue weighted by molar-refractivity contribution is 5.93. The second kappa shape index (κ2) is 5.33. The molecule has 1 N–H and O–H groups in total. The summed E-state index contributed by atoms with van der Waals surface area (Å²) in [7, 11) is 0. The third-order valence-electron chi connectivity index (χ3n) is 3.83. The quantitative estimate of drug-likeness (QED) is 0.924. The number of hydrogen-bond acceptors (Lipinski definition) is 3. The number of aliphatic hydroxyl groups excluding tert-OH is 1. The van der Waals surface area contributed by atoms with Gasteiger partial charge in [-0.2, -0.15) is 0 Å². The average molecular weight is 289 g/mol. The van der Waals surface area contributed by atoms with Gasteiger partial charge in [0.05, 0.1) is 18.4 Å². The summed E-state index contributed by atoms with van der Waals surface area (Å²) in [5.41, 5.74) is 1.43. The van der Waals surface area contributed by atoms with Crippen molar-refractivity contribution in [1.82, 2.24) is 4.90 Å². The summed E-state index contributed by atoms with van der Waals surface area (Å²) in [6.07, 6.45) is 1.25. The van der Waals surface area contributed by atoms with Crippen LogP contribution in [0.3, 0.4) is 0 Å². The Morgan fingerprint density at radius 3 is 2.90 bits per heavy atom. The summed E-state index contributed by atoms with van der Waals surface area (Å²) in [5, 5.41) is 9.90. The lowest BCUT2D eigenvalue weighted by Crippen LogP contribution is -2.32. The van der Waals surface area contributed by atoms with Crippen molar-refractivity contribution in [2.24, 2.45) is 0 Å². The van der Waals surface area contributed by atoms with Gasteiger partial charge in [-0.3, -0.25) is 4.79 Å². The van der Waals surface area contributed by atoms with E-state index in [4.69, 9.17) is 4.42 Å². The molecule has 2 atom stereocenters. The molecule has 0 bridgehead atoms. The van der Waals surface area contributed by atoms with Crippen molar-refractivity contribution < 1.29 is 18.7 Å². The summed E-state index contributed by atoms with van der Waals surface area (Å²) in [5.74, 6) is -0.357. The van der Waals surface area contributed by atoms with Crippen molar-refractivity contribution >= 4 is 5.91 Å². The van der Waals surface area contributed by atoms with Gasteiger partial charge >= 0.3 is 0 Å². The number of carbonyl (C=O) groups is 1. The van der Waals surface area contributed by atoms with Gasteiger partial charge in [-0.1, -0.05) is 12.1 Å². The van der Waals surface area contributed by atoms with Gasteiger partial charge in [0.25, 0.3) is 5.91 Å². The maximum atomic E-state index is 13.4. The Morgan fingerprint density at radius 2 is 2.24 bits per heavy atom. The lowest BCUT2D eigenvalue weighted by atomic mass is 10.0. The molecule has 0 spiro atoms. The average Bonchev–Trinajstić information content (AvgIpc) is 3.04. The fourth-order valence-corrected chi connectivity index (χ4v) is 2.79. The van der Waals surface area contributed by atoms with Crippen molar-refractivity contribution in [2.45, 2.75) is 25.5 Å². The minimum absolute atomic E-state index is 0.222. The fourth-order valence-electron chi connectivity index (χ4n) is 2.79. The van der Waals surface area contributed by atoms with E-state index in [0.717, 1.165) is 5.56 Å². The predicted octanol–water partition coefficient (Wildman–Crippen LogP) is 2.68. The van der Waals surface area contributed by atoms with Crippen LogP contribution in [0, 0.1) is 12.7 Å². The molecule has 1 aromatic heterocycles. The third kappa shape index (κ3) is 2.56. The van der Waals surface area contributed by atoms with Crippen LogP contribution >= 0.6 is 0 Å². The molecule has 1 aliphatic rings. The van der Waals surface area contributed by atoms with Crippen LogP contribution in [0.5, 0.6) is 0 Å². The van der Waals surface area contributed by atoms with E-state index >= 15 is 0 Å².